The lowest BCUT2D eigenvalue weighted by Gasteiger charge is -2.05. The van der Waals surface area contributed by atoms with Crippen LogP contribution in [0.1, 0.15) is 20.9 Å². The van der Waals surface area contributed by atoms with Crippen molar-refractivity contribution >= 4 is 33.9 Å². The maximum Gasteiger partial charge on any atom is 0.339 e. The lowest BCUT2D eigenvalue weighted by atomic mass is 10.2. The molecule has 104 valence electrons. The fourth-order valence-electron chi connectivity index (χ4n) is 1.44. The predicted molar refractivity (Wildman–Crippen MR) is 72.7 cm³/mol. The van der Waals surface area contributed by atoms with Gasteiger partial charge >= 0.3 is 5.97 Å². The zero-order valence-electron chi connectivity index (χ0n) is 10.6. The van der Waals surface area contributed by atoms with Gasteiger partial charge in [-0.15, -0.1) is 11.3 Å². The van der Waals surface area contributed by atoms with Crippen molar-refractivity contribution in [2.75, 3.05) is 5.32 Å². The van der Waals surface area contributed by atoms with Gasteiger partial charge in [-0.2, -0.15) is 0 Å². The number of pyridine rings is 1. The number of nitrogens with one attached hydrogen (secondary N) is 1. The number of thiazole rings is 1. The van der Waals surface area contributed by atoms with Crippen LogP contribution in [0.5, 0.6) is 0 Å². The first kappa shape index (κ1) is 13.9. The quantitative estimate of drug-likeness (QED) is 0.656. The summed E-state index contributed by atoms with van der Waals surface area (Å²) in [6.07, 6.45) is 1.00. The molecule has 2 aromatic heterocycles. The zero-order valence-corrected chi connectivity index (χ0v) is 11.4. The van der Waals surface area contributed by atoms with E-state index in [-0.39, 0.29) is 17.1 Å². The SMILES string of the molecule is Cc1nc(Nc2ncc([N+](=O)[O-])cc2C(=O)O)sc1C. The molecule has 0 unspecified atom stereocenters. The summed E-state index contributed by atoms with van der Waals surface area (Å²) >= 11 is 1.35. The lowest BCUT2D eigenvalue weighted by molar-refractivity contribution is -0.385. The van der Waals surface area contributed by atoms with Gasteiger partial charge in [-0.1, -0.05) is 0 Å². The normalized spacial score (nSPS) is 10.3. The van der Waals surface area contributed by atoms with E-state index in [1.54, 1.807) is 0 Å². The molecule has 0 amide bonds. The third-order valence-corrected chi connectivity index (χ3v) is 3.56. The molecule has 0 saturated carbocycles. The van der Waals surface area contributed by atoms with Crippen LogP contribution in [-0.2, 0) is 0 Å². The number of hydrogen-bond acceptors (Lipinski definition) is 7. The summed E-state index contributed by atoms with van der Waals surface area (Å²) in [7, 11) is 0. The Labute approximate surface area is 117 Å². The molecular weight excluding hydrogens is 284 g/mol. The maximum atomic E-state index is 11.1. The van der Waals surface area contributed by atoms with Crippen molar-refractivity contribution in [3.05, 3.63) is 38.5 Å². The third-order valence-electron chi connectivity index (χ3n) is 2.57. The van der Waals surface area contributed by atoms with Gasteiger partial charge in [0.15, 0.2) is 5.13 Å². The fraction of sp³-hybridized carbons (Fsp3) is 0.182. The Kier molecular flexibility index (Phi) is 3.61. The number of carboxylic acid groups (broad SMARTS) is 1. The molecule has 2 aromatic rings. The smallest absolute Gasteiger partial charge is 0.339 e. The molecule has 0 aromatic carbocycles. The van der Waals surface area contributed by atoms with Crippen LogP contribution in [0.4, 0.5) is 16.6 Å². The molecule has 0 bridgehead atoms. The molecule has 0 aliphatic heterocycles. The summed E-state index contributed by atoms with van der Waals surface area (Å²) in [5.74, 6) is -1.27. The molecule has 2 heterocycles. The van der Waals surface area contributed by atoms with Crippen LogP contribution in [0.15, 0.2) is 12.3 Å². The van der Waals surface area contributed by atoms with Gasteiger partial charge in [0.25, 0.3) is 5.69 Å². The molecule has 9 heteroatoms. The number of nitrogens with zero attached hydrogens (tertiary/aromatic N) is 3. The van der Waals surface area contributed by atoms with E-state index in [9.17, 15) is 14.9 Å². The number of anilines is 2. The molecule has 0 aliphatic rings. The average molecular weight is 294 g/mol. The number of carboxylic acids is 1. The van der Waals surface area contributed by atoms with E-state index in [4.69, 9.17) is 5.11 Å². The highest BCUT2D eigenvalue weighted by molar-refractivity contribution is 7.15. The van der Waals surface area contributed by atoms with Crippen LogP contribution >= 0.6 is 11.3 Å². The number of nitro groups is 1. The highest BCUT2D eigenvalue weighted by Crippen LogP contribution is 2.27. The minimum atomic E-state index is -1.30. The van der Waals surface area contributed by atoms with Crippen molar-refractivity contribution in [2.24, 2.45) is 0 Å². The molecule has 0 saturated heterocycles. The van der Waals surface area contributed by atoms with E-state index in [1.807, 2.05) is 13.8 Å². The van der Waals surface area contributed by atoms with Crippen molar-refractivity contribution in [1.82, 2.24) is 9.97 Å². The van der Waals surface area contributed by atoms with Gasteiger partial charge in [-0.3, -0.25) is 10.1 Å². The van der Waals surface area contributed by atoms with Crippen molar-refractivity contribution < 1.29 is 14.8 Å². The van der Waals surface area contributed by atoms with Crippen molar-refractivity contribution in [2.45, 2.75) is 13.8 Å². The number of aromatic carboxylic acids is 1. The molecule has 20 heavy (non-hydrogen) atoms. The molecule has 2 N–H and O–H groups in total. The van der Waals surface area contributed by atoms with Crippen molar-refractivity contribution in [3.8, 4) is 0 Å². The fourth-order valence-corrected chi connectivity index (χ4v) is 2.26. The van der Waals surface area contributed by atoms with Crippen LogP contribution in [0.2, 0.25) is 0 Å². The largest absolute Gasteiger partial charge is 0.478 e. The standard InChI is InChI=1S/C11H10N4O4S/c1-5-6(2)20-11(13-5)14-9-8(10(16)17)3-7(4-12-9)15(18)19/h3-4H,1-2H3,(H,16,17)(H,12,13,14). The highest BCUT2D eigenvalue weighted by Gasteiger charge is 2.18. The second kappa shape index (κ2) is 5.21. The minimum absolute atomic E-state index is 0.0249. The number of hydrogen-bond donors (Lipinski definition) is 2. The Morgan fingerprint density at radius 2 is 2.20 bits per heavy atom. The predicted octanol–water partition coefficient (Wildman–Crippen LogP) is 2.50. The first-order valence-electron chi connectivity index (χ1n) is 5.47. The lowest BCUT2D eigenvalue weighted by Crippen LogP contribution is -2.06. The maximum absolute atomic E-state index is 11.1. The molecule has 0 radical (unpaired) electrons. The summed E-state index contributed by atoms with van der Waals surface area (Å²) in [4.78, 5) is 30.1. The Morgan fingerprint density at radius 1 is 1.50 bits per heavy atom. The zero-order chi connectivity index (χ0) is 14.9. The third kappa shape index (κ3) is 2.72. The Hall–Kier alpha value is -2.55. The van der Waals surface area contributed by atoms with Gasteiger partial charge in [0.2, 0.25) is 0 Å². The van der Waals surface area contributed by atoms with Crippen LogP contribution in [0, 0.1) is 24.0 Å². The van der Waals surface area contributed by atoms with E-state index in [1.165, 1.54) is 11.3 Å². The van der Waals surface area contributed by atoms with Gasteiger partial charge in [0.1, 0.15) is 17.6 Å². The summed E-state index contributed by atoms with van der Waals surface area (Å²) in [5.41, 5.74) is 0.181. The van der Waals surface area contributed by atoms with Gasteiger partial charge < -0.3 is 10.4 Å². The Morgan fingerprint density at radius 3 is 2.70 bits per heavy atom. The molecular formula is C11H10N4O4S. The number of aromatic nitrogens is 2. The summed E-state index contributed by atoms with van der Waals surface area (Å²) in [6.45, 7) is 3.72. The van der Waals surface area contributed by atoms with Crippen molar-refractivity contribution in [3.63, 3.8) is 0 Å². The van der Waals surface area contributed by atoms with Crippen LogP contribution in [-0.4, -0.2) is 26.0 Å². The summed E-state index contributed by atoms with van der Waals surface area (Å²) in [5, 5.41) is 23.0. The average Bonchev–Trinajstić information content (AvgIpc) is 2.68. The monoisotopic (exact) mass is 294 g/mol. The van der Waals surface area contributed by atoms with Gasteiger partial charge in [-0.25, -0.2) is 14.8 Å². The van der Waals surface area contributed by atoms with E-state index >= 15 is 0 Å². The van der Waals surface area contributed by atoms with Gasteiger partial charge in [0.05, 0.1) is 10.6 Å². The Balaban J connectivity index is 2.40. The number of rotatable bonds is 4. The van der Waals surface area contributed by atoms with E-state index in [0.717, 1.165) is 22.8 Å². The Bertz CT molecular complexity index is 678. The number of carbonyl (C=O) groups is 1. The molecule has 0 spiro atoms. The van der Waals surface area contributed by atoms with Crippen molar-refractivity contribution in [1.29, 1.82) is 0 Å². The molecule has 8 nitrogen and oxygen atoms in total. The van der Waals surface area contributed by atoms with Crippen LogP contribution in [0.3, 0.4) is 0 Å². The second-order valence-electron chi connectivity index (χ2n) is 3.94. The second-order valence-corrected chi connectivity index (χ2v) is 5.14. The number of aryl methyl sites for hydroxylation is 2. The first-order chi connectivity index (χ1) is 9.38. The van der Waals surface area contributed by atoms with Gasteiger partial charge in [0, 0.05) is 10.9 Å². The van der Waals surface area contributed by atoms with E-state index in [0.29, 0.717) is 5.13 Å². The highest BCUT2D eigenvalue weighted by atomic mass is 32.1. The van der Waals surface area contributed by atoms with Crippen LogP contribution < -0.4 is 5.32 Å². The first-order valence-corrected chi connectivity index (χ1v) is 6.29. The van der Waals surface area contributed by atoms with Gasteiger partial charge in [-0.05, 0) is 13.8 Å². The van der Waals surface area contributed by atoms with E-state index in [2.05, 4.69) is 15.3 Å². The summed E-state index contributed by atoms with van der Waals surface area (Å²) in [6, 6.07) is 0.963. The minimum Gasteiger partial charge on any atom is -0.478 e. The summed E-state index contributed by atoms with van der Waals surface area (Å²) < 4.78 is 0. The van der Waals surface area contributed by atoms with Crippen LogP contribution in [0.25, 0.3) is 0 Å². The molecule has 0 aliphatic carbocycles. The molecule has 0 fully saturated rings. The topological polar surface area (TPSA) is 118 Å². The van der Waals surface area contributed by atoms with E-state index < -0.39 is 10.9 Å². The molecule has 2 rings (SSSR count). The molecule has 0 atom stereocenters.